The van der Waals surface area contributed by atoms with Crippen molar-refractivity contribution in [3.8, 4) is 11.5 Å². The Kier molecular flexibility index (Phi) is 7.01. The van der Waals surface area contributed by atoms with Crippen LogP contribution in [0.4, 0.5) is 10.1 Å². The summed E-state index contributed by atoms with van der Waals surface area (Å²) in [6, 6.07) is 11.9. The van der Waals surface area contributed by atoms with Crippen molar-refractivity contribution in [1.29, 1.82) is 0 Å². The van der Waals surface area contributed by atoms with Gasteiger partial charge in [-0.05, 0) is 68.9 Å². The van der Waals surface area contributed by atoms with Gasteiger partial charge in [0.25, 0.3) is 0 Å². The highest BCUT2D eigenvalue weighted by atomic mass is 32.1. The van der Waals surface area contributed by atoms with Gasteiger partial charge in [0.2, 0.25) is 0 Å². The van der Waals surface area contributed by atoms with E-state index in [-0.39, 0.29) is 11.9 Å². The highest BCUT2D eigenvalue weighted by Crippen LogP contribution is 2.30. The van der Waals surface area contributed by atoms with Gasteiger partial charge in [-0.1, -0.05) is 12.1 Å². The van der Waals surface area contributed by atoms with E-state index in [1.165, 1.54) is 12.1 Å². The fourth-order valence-electron chi connectivity index (χ4n) is 2.35. The van der Waals surface area contributed by atoms with Crippen molar-refractivity contribution < 1.29 is 13.9 Å². The molecule has 6 heteroatoms. The van der Waals surface area contributed by atoms with Crippen LogP contribution in [0, 0.1) is 5.82 Å². The third-order valence-electron chi connectivity index (χ3n) is 3.50. The lowest BCUT2D eigenvalue weighted by Crippen LogP contribution is -2.30. The van der Waals surface area contributed by atoms with Crippen molar-refractivity contribution >= 4 is 23.0 Å². The maximum Gasteiger partial charge on any atom is 0.171 e. The Hall–Kier alpha value is -2.34. The molecule has 0 bridgehead atoms. The van der Waals surface area contributed by atoms with Crippen LogP contribution in [0.1, 0.15) is 32.4 Å². The first-order valence-electron chi connectivity index (χ1n) is 8.26. The van der Waals surface area contributed by atoms with Gasteiger partial charge in [-0.25, -0.2) is 4.39 Å². The molecule has 4 nitrogen and oxygen atoms in total. The number of ether oxygens (including phenoxy) is 2. The van der Waals surface area contributed by atoms with Gasteiger partial charge in [-0.2, -0.15) is 0 Å². The summed E-state index contributed by atoms with van der Waals surface area (Å²) < 4.78 is 24.5. The van der Waals surface area contributed by atoms with Crippen molar-refractivity contribution in [2.24, 2.45) is 0 Å². The van der Waals surface area contributed by atoms with E-state index < -0.39 is 0 Å². The number of hydrogen-bond donors (Lipinski definition) is 2. The molecule has 2 rings (SSSR count). The van der Waals surface area contributed by atoms with Crippen molar-refractivity contribution in [3.05, 3.63) is 53.8 Å². The van der Waals surface area contributed by atoms with Crippen LogP contribution in [0.3, 0.4) is 0 Å². The van der Waals surface area contributed by atoms with Crippen LogP contribution in [-0.4, -0.2) is 18.3 Å². The molecular weight excluding hydrogens is 339 g/mol. The van der Waals surface area contributed by atoms with Gasteiger partial charge < -0.3 is 20.1 Å². The molecule has 0 saturated heterocycles. The second-order valence-electron chi connectivity index (χ2n) is 5.40. The lowest BCUT2D eigenvalue weighted by molar-refractivity contribution is 0.287. The average molecular weight is 362 g/mol. The van der Waals surface area contributed by atoms with Crippen molar-refractivity contribution in [3.63, 3.8) is 0 Å². The van der Waals surface area contributed by atoms with E-state index in [2.05, 4.69) is 10.6 Å². The van der Waals surface area contributed by atoms with Crippen LogP contribution in [-0.2, 0) is 0 Å². The van der Waals surface area contributed by atoms with Crippen molar-refractivity contribution in [2.45, 2.75) is 26.8 Å². The molecule has 134 valence electrons. The highest BCUT2D eigenvalue weighted by molar-refractivity contribution is 7.80. The zero-order chi connectivity index (χ0) is 18.2. The first kappa shape index (κ1) is 19.0. The quantitative estimate of drug-likeness (QED) is 0.701. The van der Waals surface area contributed by atoms with Gasteiger partial charge in [0, 0.05) is 5.69 Å². The molecule has 0 heterocycles. The average Bonchev–Trinajstić information content (AvgIpc) is 2.56. The van der Waals surface area contributed by atoms with Crippen LogP contribution in [0.15, 0.2) is 42.5 Å². The van der Waals surface area contributed by atoms with E-state index in [9.17, 15) is 4.39 Å². The smallest absolute Gasteiger partial charge is 0.171 e. The Morgan fingerprint density at radius 2 is 1.80 bits per heavy atom. The number of halogens is 1. The minimum atomic E-state index is -0.311. The van der Waals surface area contributed by atoms with E-state index in [0.29, 0.717) is 29.8 Å². The highest BCUT2D eigenvalue weighted by Gasteiger charge is 2.12. The van der Waals surface area contributed by atoms with E-state index >= 15 is 0 Å². The first-order chi connectivity index (χ1) is 12.0. The second-order valence-corrected chi connectivity index (χ2v) is 5.81. The van der Waals surface area contributed by atoms with Gasteiger partial charge in [-0.15, -0.1) is 0 Å². The topological polar surface area (TPSA) is 42.5 Å². The van der Waals surface area contributed by atoms with Crippen LogP contribution < -0.4 is 20.1 Å². The number of benzene rings is 2. The molecular formula is C19H23FN2O2S. The molecule has 0 spiro atoms. The molecule has 2 N–H and O–H groups in total. The molecule has 0 unspecified atom stereocenters. The summed E-state index contributed by atoms with van der Waals surface area (Å²) in [5.41, 5.74) is 1.61. The van der Waals surface area contributed by atoms with Crippen LogP contribution in [0.2, 0.25) is 0 Å². The summed E-state index contributed by atoms with van der Waals surface area (Å²) in [5.74, 6) is 1.12. The van der Waals surface area contributed by atoms with E-state index in [4.69, 9.17) is 21.7 Å². The normalized spacial score (nSPS) is 11.5. The van der Waals surface area contributed by atoms with Crippen molar-refractivity contribution in [1.82, 2.24) is 5.32 Å². The van der Waals surface area contributed by atoms with Crippen LogP contribution >= 0.6 is 12.2 Å². The maximum atomic E-state index is 13.2. The standard InChI is InChI=1S/C19H23FN2O2S/c1-4-23-17-10-9-14(11-18(17)24-5-2)13(3)21-19(25)22-16-8-6-7-15(20)12-16/h6-13H,4-5H2,1-3H3,(H2,21,22,25)/t13-/m0/s1. The van der Waals surface area contributed by atoms with Crippen LogP contribution in [0.5, 0.6) is 11.5 Å². The molecule has 0 saturated carbocycles. The lowest BCUT2D eigenvalue weighted by atomic mass is 10.1. The Balaban J connectivity index is 2.05. The molecule has 25 heavy (non-hydrogen) atoms. The number of thiocarbonyl (C=S) groups is 1. The first-order valence-corrected chi connectivity index (χ1v) is 8.67. The van der Waals surface area contributed by atoms with Gasteiger partial charge in [0.05, 0.1) is 19.3 Å². The lowest BCUT2D eigenvalue weighted by Gasteiger charge is -2.19. The summed E-state index contributed by atoms with van der Waals surface area (Å²) in [5, 5.41) is 6.59. The van der Waals surface area contributed by atoms with Crippen molar-refractivity contribution in [2.75, 3.05) is 18.5 Å². The van der Waals surface area contributed by atoms with E-state index in [1.807, 2.05) is 39.0 Å². The fourth-order valence-corrected chi connectivity index (χ4v) is 2.65. The number of nitrogens with one attached hydrogen (secondary N) is 2. The summed E-state index contributed by atoms with van der Waals surface area (Å²) >= 11 is 5.31. The SMILES string of the molecule is CCOc1ccc([C@H](C)NC(=S)Nc2cccc(F)c2)cc1OCC. The fraction of sp³-hybridized carbons (Fsp3) is 0.316. The third kappa shape index (κ3) is 5.60. The molecule has 0 radical (unpaired) electrons. The maximum absolute atomic E-state index is 13.2. The Morgan fingerprint density at radius 3 is 2.48 bits per heavy atom. The van der Waals surface area contributed by atoms with Gasteiger partial charge in [-0.3, -0.25) is 0 Å². The molecule has 0 aromatic heterocycles. The minimum Gasteiger partial charge on any atom is -0.490 e. The Bertz CT molecular complexity index is 724. The number of rotatable bonds is 7. The molecule has 2 aromatic carbocycles. The molecule has 0 aliphatic heterocycles. The molecule has 1 atom stereocenters. The second kappa shape index (κ2) is 9.22. The zero-order valence-electron chi connectivity index (χ0n) is 14.6. The van der Waals surface area contributed by atoms with Crippen LogP contribution in [0.25, 0.3) is 0 Å². The summed E-state index contributed by atoms with van der Waals surface area (Å²) in [4.78, 5) is 0. The Labute approximate surface area is 153 Å². The molecule has 0 fully saturated rings. The summed E-state index contributed by atoms with van der Waals surface area (Å²) in [6.07, 6.45) is 0. The van der Waals surface area contributed by atoms with E-state index in [1.54, 1.807) is 12.1 Å². The molecule has 2 aromatic rings. The van der Waals surface area contributed by atoms with Gasteiger partial charge >= 0.3 is 0 Å². The molecule has 0 aliphatic carbocycles. The monoisotopic (exact) mass is 362 g/mol. The molecule has 0 aliphatic rings. The predicted octanol–water partition coefficient (Wildman–Crippen LogP) is 4.67. The van der Waals surface area contributed by atoms with Gasteiger partial charge in [0.1, 0.15) is 5.82 Å². The minimum absolute atomic E-state index is 0.0524. The Morgan fingerprint density at radius 1 is 1.08 bits per heavy atom. The van der Waals surface area contributed by atoms with E-state index in [0.717, 1.165) is 11.3 Å². The predicted molar refractivity (Wildman–Crippen MR) is 103 cm³/mol. The number of hydrogen-bond acceptors (Lipinski definition) is 3. The number of anilines is 1. The third-order valence-corrected chi connectivity index (χ3v) is 3.72. The summed E-state index contributed by atoms with van der Waals surface area (Å²) in [7, 11) is 0. The summed E-state index contributed by atoms with van der Waals surface area (Å²) in [6.45, 7) is 7.00. The zero-order valence-corrected chi connectivity index (χ0v) is 15.5. The largest absolute Gasteiger partial charge is 0.490 e. The molecule has 0 amide bonds. The van der Waals surface area contributed by atoms with Gasteiger partial charge in [0.15, 0.2) is 16.6 Å².